The van der Waals surface area contributed by atoms with Gasteiger partial charge in [0.2, 0.25) is 0 Å². The minimum absolute atomic E-state index is 0.610. The molecule has 1 aromatic carbocycles. The van der Waals surface area contributed by atoms with Crippen LogP contribution in [0.4, 0.5) is 0 Å². The van der Waals surface area contributed by atoms with Crippen LogP contribution in [-0.4, -0.2) is 29.6 Å². The van der Waals surface area contributed by atoms with E-state index >= 15 is 0 Å². The van der Waals surface area contributed by atoms with Crippen molar-refractivity contribution in [1.82, 2.24) is 0 Å². The summed E-state index contributed by atoms with van der Waals surface area (Å²) in [5.74, 6) is -1.13. The van der Waals surface area contributed by atoms with Crippen molar-refractivity contribution < 1.29 is 24.1 Å². The van der Waals surface area contributed by atoms with Gasteiger partial charge in [0.1, 0.15) is 11.9 Å². The van der Waals surface area contributed by atoms with E-state index < -0.39 is 24.0 Å². The highest BCUT2D eigenvalue weighted by atomic mass is 16.8. The highest BCUT2D eigenvalue weighted by Crippen LogP contribution is 2.38. The van der Waals surface area contributed by atoms with E-state index in [1.165, 1.54) is 19.3 Å². The second-order valence-electron chi connectivity index (χ2n) is 6.29. The van der Waals surface area contributed by atoms with Gasteiger partial charge in [-0.05, 0) is 38.0 Å². The van der Waals surface area contributed by atoms with Crippen molar-refractivity contribution in [2.45, 2.75) is 64.4 Å². The third kappa shape index (κ3) is 4.94. The second-order valence-corrected chi connectivity index (χ2v) is 6.29. The van der Waals surface area contributed by atoms with Gasteiger partial charge in [0, 0.05) is 0 Å². The summed E-state index contributed by atoms with van der Waals surface area (Å²) < 4.78 is 16.9. The van der Waals surface area contributed by atoms with E-state index in [0.29, 0.717) is 6.61 Å². The molecule has 1 heterocycles. The van der Waals surface area contributed by atoms with Crippen molar-refractivity contribution in [2.24, 2.45) is 0 Å². The van der Waals surface area contributed by atoms with Crippen molar-refractivity contribution in [1.29, 1.82) is 0 Å². The van der Waals surface area contributed by atoms with Crippen LogP contribution in [0.3, 0.4) is 0 Å². The highest BCUT2D eigenvalue weighted by molar-refractivity contribution is 5.74. The lowest BCUT2D eigenvalue weighted by Gasteiger charge is -2.17. The SMILES string of the molecule is CCCCCCOc1ccc([C@H]2OC(C)(C)O[C@@H]2C(=O)O)cc1. The molecular weight excluding hydrogens is 296 g/mol. The summed E-state index contributed by atoms with van der Waals surface area (Å²) in [6.07, 6.45) is 3.06. The van der Waals surface area contributed by atoms with Crippen LogP contribution >= 0.6 is 0 Å². The monoisotopic (exact) mass is 322 g/mol. The van der Waals surface area contributed by atoms with Crippen LogP contribution in [-0.2, 0) is 14.3 Å². The van der Waals surface area contributed by atoms with E-state index in [-0.39, 0.29) is 0 Å². The summed E-state index contributed by atoms with van der Waals surface area (Å²) in [5.41, 5.74) is 0.779. The zero-order valence-corrected chi connectivity index (χ0v) is 14.1. The molecule has 2 rings (SSSR count). The molecule has 0 aliphatic carbocycles. The molecule has 1 fully saturated rings. The maximum absolute atomic E-state index is 11.3. The van der Waals surface area contributed by atoms with Gasteiger partial charge in [-0.1, -0.05) is 38.3 Å². The van der Waals surface area contributed by atoms with Gasteiger partial charge < -0.3 is 19.3 Å². The minimum Gasteiger partial charge on any atom is -0.494 e. The number of benzene rings is 1. The Morgan fingerprint density at radius 3 is 2.48 bits per heavy atom. The topological polar surface area (TPSA) is 65.0 Å². The largest absolute Gasteiger partial charge is 0.494 e. The number of carbonyl (C=O) groups is 1. The van der Waals surface area contributed by atoms with E-state index in [4.69, 9.17) is 14.2 Å². The third-order valence-corrected chi connectivity index (χ3v) is 3.82. The van der Waals surface area contributed by atoms with Crippen LogP contribution in [0.2, 0.25) is 0 Å². The summed E-state index contributed by atoms with van der Waals surface area (Å²) in [5, 5.41) is 9.29. The average Bonchev–Trinajstić information content (AvgIpc) is 2.84. The van der Waals surface area contributed by atoms with Gasteiger partial charge in [-0.3, -0.25) is 0 Å². The molecule has 2 atom stereocenters. The van der Waals surface area contributed by atoms with Crippen LogP contribution in [0.25, 0.3) is 0 Å². The first-order chi connectivity index (χ1) is 10.9. The van der Waals surface area contributed by atoms with E-state index in [0.717, 1.165) is 17.7 Å². The summed E-state index contributed by atoms with van der Waals surface area (Å²) in [7, 11) is 0. The van der Waals surface area contributed by atoms with Crippen LogP contribution < -0.4 is 4.74 Å². The second kappa shape index (κ2) is 7.79. The summed E-state index contributed by atoms with van der Waals surface area (Å²) in [4.78, 5) is 11.3. The zero-order valence-electron chi connectivity index (χ0n) is 14.1. The number of ether oxygens (including phenoxy) is 3. The molecule has 23 heavy (non-hydrogen) atoms. The van der Waals surface area contributed by atoms with Gasteiger partial charge in [-0.2, -0.15) is 0 Å². The fourth-order valence-electron chi connectivity index (χ4n) is 2.66. The van der Waals surface area contributed by atoms with Crippen molar-refractivity contribution in [3.8, 4) is 5.75 Å². The molecule has 1 aliphatic heterocycles. The first-order valence-electron chi connectivity index (χ1n) is 8.24. The Morgan fingerprint density at radius 1 is 1.17 bits per heavy atom. The van der Waals surface area contributed by atoms with Crippen LogP contribution in [0.15, 0.2) is 24.3 Å². The zero-order chi connectivity index (χ0) is 16.9. The van der Waals surface area contributed by atoms with Gasteiger partial charge in [0.05, 0.1) is 6.61 Å². The number of rotatable bonds is 8. The Labute approximate surface area is 137 Å². The summed E-state index contributed by atoms with van der Waals surface area (Å²) in [6, 6.07) is 7.38. The molecule has 5 heteroatoms. The van der Waals surface area contributed by atoms with E-state index in [9.17, 15) is 9.90 Å². The van der Waals surface area contributed by atoms with Crippen molar-refractivity contribution in [3.05, 3.63) is 29.8 Å². The summed E-state index contributed by atoms with van der Waals surface area (Å²) in [6.45, 7) is 6.32. The molecule has 0 unspecified atom stereocenters. The number of hydrogen-bond acceptors (Lipinski definition) is 4. The molecule has 0 amide bonds. The maximum Gasteiger partial charge on any atom is 0.336 e. The van der Waals surface area contributed by atoms with E-state index in [1.54, 1.807) is 13.8 Å². The Kier molecular flexibility index (Phi) is 6.02. The number of carboxylic acid groups (broad SMARTS) is 1. The molecule has 1 N–H and O–H groups in total. The first-order valence-corrected chi connectivity index (χ1v) is 8.24. The van der Waals surface area contributed by atoms with Gasteiger partial charge in [-0.25, -0.2) is 4.79 Å². The highest BCUT2D eigenvalue weighted by Gasteiger charge is 2.46. The van der Waals surface area contributed by atoms with E-state index in [2.05, 4.69) is 6.92 Å². The Morgan fingerprint density at radius 2 is 1.87 bits per heavy atom. The molecule has 0 saturated carbocycles. The predicted octanol–water partition coefficient (Wildman–Crippen LogP) is 3.92. The number of unbranched alkanes of at least 4 members (excludes halogenated alkanes) is 3. The first kappa shape index (κ1) is 17.8. The van der Waals surface area contributed by atoms with Crippen LogP contribution in [0.1, 0.15) is 58.1 Å². The summed E-state index contributed by atoms with van der Waals surface area (Å²) >= 11 is 0. The molecule has 1 saturated heterocycles. The smallest absolute Gasteiger partial charge is 0.336 e. The minimum atomic E-state index is -1.02. The normalized spacial score (nSPS) is 22.9. The predicted molar refractivity (Wildman–Crippen MR) is 86.5 cm³/mol. The van der Waals surface area contributed by atoms with Crippen molar-refractivity contribution >= 4 is 5.97 Å². The Hall–Kier alpha value is -1.59. The van der Waals surface area contributed by atoms with Gasteiger partial charge >= 0.3 is 5.97 Å². The Bertz CT molecular complexity index is 509. The Balaban J connectivity index is 1.94. The molecule has 128 valence electrons. The van der Waals surface area contributed by atoms with Gasteiger partial charge in [0.15, 0.2) is 11.9 Å². The lowest BCUT2D eigenvalue weighted by molar-refractivity contribution is -0.165. The van der Waals surface area contributed by atoms with Gasteiger partial charge in [0.25, 0.3) is 0 Å². The molecule has 1 aromatic rings. The molecule has 0 radical (unpaired) electrons. The molecule has 0 aromatic heterocycles. The van der Waals surface area contributed by atoms with Crippen molar-refractivity contribution in [2.75, 3.05) is 6.61 Å². The maximum atomic E-state index is 11.3. The average molecular weight is 322 g/mol. The molecule has 0 bridgehead atoms. The van der Waals surface area contributed by atoms with Crippen LogP contribution in [0.5, 0.6) is 5.75 Å². The molecule has 5 nitrogen and oxygen atoms in total. The fraction of sp³-hybridized carbons (Fsp3) is 0.611. The lowest BCUT2D eigenvalue weighted by atomic mass is 10.0. The quantitative estimate of drug-likeness (QED) is 0.735. The fourth-order valence-corrected chi connectivity index (χ4v) is 2.66. The molecule has 1 aliphatic rings. The number of hydrogen-bond donors (Lipinski definition) is 1. The number of carboxylic acids is 1. The van der Waals surface area contributed by atoms with E-state index in [1.807, 2.05) is 24.3 Å². The van der Waals surface area contributed by atoms with Crippen LogP contribution in [0, 0.1) is 0 Å². The number of aliphatic carboxylic acids is 1. The molecular formula is C18H26O5. The molecule has 0 spiro atoms. The standard InChI is InChI=1S/C18H26O5/c1-4-5-6-7-12-21-14-10-8-13(9-11-14)15-16(17(19)20)23-18(2,3)22-15/h8-11,15-16H,4-7,12H2,1-3H3,(H,19,20)/t15-,16+/m1/s1. The third-order valence-electron chi connectivity index (χ3n) is 3.82. The van der Waals surface area contributed by atoms with Crippen molar-refractivity contribution in [3.63, 3.8) is 0 Å². The lowest BCUT2D eigenvalue weighted by Crippen LogP contribution is -2.27. The van der Waals surface area contributed by atoms with Gasteiger partial charge in [-0.15, -0.1) is 0 Å².